The quantitative estimate of drug-likeness (QED) is 0.782. The zero-order valence-electron chi connectivity index (χ0n) is 7.87. The SMILES string of the molecule is Cc1cc(C(=O)O)c2sc(C)nc2c1. The van der Waals surface area contributed by atoms with Crippen LogP contribution in [0.4, 0.5) is 0 Å². The van der Waals surface area contributed by atoms with Gasteiger partial charge in [-0.1, -0.05) is 0 Å². The summed E-state index contributed by atoms with van der Waals surface area (Å²) < 4.78 is 0.764. The van der Waals surface area contributed by atoms with Gasteiger partial charge >= 0.3 is 5.97 Å². The molecule has 14 heavy (non-hydrogen) atoms. The van der Waals surface area contributed by atoms with E-state index in [4.69, 9.17) is 5.11 Å². The molecule has 0 amide bonds. The molecule has 2 aromatic rings. The second kappa shape index (κ2) is 3.06. The van der Waals surface area contributed by atoms with Crippen LogP contribution in [0.2, 0.25) is 0 Å². The molecule has 1 N–H and O–H groups in total. The lowest BCUT2D eigenvalue weighted by Gasteiger charge is -1.97. The number of fused-ring (bicyclic) bond motifs is 1. The molecule has 2 rings (SSSR count). The van der Waals surface area contributed by atoms with Crippen LogP contribution in [0.3, 0.4) is 0 Å². The van der Waals surface area contributed by atoms with Crippen molar-refractivity contribution in [3.8, 4) is 0 Å². The van der Waals surface area contributed by atoms with Crippen molar-refractivity contribution >= 4 is 27.5 Å². The zero-order valence-corrected chi connectivity index (χ0v) is 8.68. The lowest BCUT2D eigenvalue weighted by Crippen LogP contribution is -1.96. The van der Waals surface area contributed by atoms with Crippen LogP contribution in [-0.4, -0.2) is 16.1 Å². The Balaban J connectivity index is 2.85. The fraction of sp³-hybridized carbons (Fsp3) is 0.200. The summed E-state index contributed by atoms with van der Waals surface area (Å²) >= 11 is 1.42. The van der Waals surface area contributed by atoms with Crippen LogP contribution in [0.5, 0.6) is 0 Å². The van der Waals surface area contributed by atoms with E-state index in [9.17, 15) is 4.79 Å². The summed E-state index contributed by atoms with van der Waals surface area (Å²) in [4.78, 5) is 15.2. The normalized spacial score (nSPS) is 10.7. The number of rotatable bonds is 1. The average molecular weight is 207 g/mol. The first kappa shape index (κ1) is 9.15. The van der Waals surface area contributed by atoms with Crippen molar-refractivity contribution in [2.45, 2.75) is 13.8 Å². The van der Waals surface area contributed by atoms with Crippen LogP contribution < -0.4 is 0 Å². The molecule has 0 aliphatic heterocycles. The number of hydrogen-bond donors (Lipinski definition) is 1. The van der Waals surface area contributed by atoms with Gasteiger partial charge in [-0.2, -0.15) is 0 Å². The van der Waals surface area contributed by atoms with Gasteiger partial charge < -0.3 is 5.11 Å². The monoisotopic (exact) mass is 207 g/mol. The minimum absolute atomic E-state index is 0.352. The number of carboxylic acid groups (broad SMARTS) is 1. The van der Waals surface area contributed by atoms with Crippen LogP contribution in [0.15, 0.2) is 12.1 Å². The Morgan fingerprint density at radius 2 is 2.14 bits per heavy atom. The second-order valence-electron chi connectivity index (χ2n) is 3.20. The van der Waals surface area contributed by atoms with Gasteiger partial charge in [-0.3, -0.25) is 0 Å². The number of thiazole rings is 1. The highest BCUT2D eigenvalue weighted by Gasteiger charge is 2.12. The van der Waals surface area contributed by atoms with Gasteiger partial charge in [0.25, 0.3) is 0 Å². The van der Waals surface area contributed by atoms with E-state index in [1.54, 1.807) is 6.07 Å². The van der Waals surface area contributed by atoms with Crippen molar-refractivity contribution in [1.82, 2.24) is 4.98 Å². The van der Waals surface area contributed by atoms with E-state index in [1.807, 2.05) is 19.9 Å². The molecular formula is C10H9NO2S. The highest BCUT2D eigenvalue weighted by molar-refractivity contribution is 7.18. The molecule has 0 saturated carbocycles. The van der Waals surface area contributed by atoms with Gasteiger partial charge in [0, 0.05) is 0 Å². The molecule has 72 valence electrons. The molecule has 0 aliphatic carbocycles. The summed E-state index contributed by atoms with van der Waals surface area (Å²) in [6.07, 6.45) is 0. The van der Waals surface area contributed by atoms with Crippen molar-refractivity contribution in [3.63, 3.8) is 0 Å². The topological polar surface area (TPSA) is 50.2 Å². The van der Waals surface area contributed by atoms with Crippen LogP contribution in [0.25, 0.3) is 10.2 Å². The molecule has 0 saturated heterocycles. The average Bonchev–Trinajstić information content (AvgIpc) is 2.42. The Morgan fingerprint density at radius 1 is 1.43 bits per heavy atom. The number of carbonyl (C=O) groups is 1. The van der Waals surface area contributed by atoms with E-state index >= 15 is 0 Å². The number of aryl methyl sites for hydroxylation is 2. The fourth-order valence-corrected chi connectivity index (χ4v) is 2.35. The predicted molar refractivity (Wildman–Crippen MR) is 56.1 cm³/mol. The second-order valence-corrected chi connectivity index (χ2v) is 4.40. The van der Waals surface area contributed by atoms with E-state index in [1.165, 1.54) is 11.3 Å². The molecule has 1 heterocycles. The van der Waals surface area contributed by atoms with Gasteiger partial charge in [-0.15, -0.1) is 11.3 Å². The number of aromatic carboxylic acids is 1. The Kier molecular flexibility index (Phi) is 2.00. The summed E-state index contributed by atoms with van der Waals surface area (Å²) in [7, 11) is 0. The molecule has 0 spiro atoms. The van der Waals surface area contributed by atoms with Crippen molar-refractivity contribution in [2.24, 2.45) is 0 Å². The number of nitrogens with zero attached hydrogens (tertiary/aromatic N) is 1. The van der Waals surface area contributed by atoms with E-state index in [-0.39, 0.29) is 0 Å². The Morgan fingerprint density at radius 3 is 2.79 bits per heavy atom. The highest BCUT2D eigenvalue weighted by Crippen LogP contribution is 2.26. The van der Waals surface area contributed by atoms with E-state index in [0.29, 0.717) is 5.56 Å². The fourth-order valence-electron chi connectivity index (χ4n) is 1.44. The lowest BCUT2D eigenvalue weighted by molar-refractivity contribution is 0.0699. The lowest BCUT2D eigenvalue weighted by atomic mass is 10.1. The summed E-state index contributed by atoms with van der Waals surface area (Å²) in [5.74, 6) is -0.887. The number of carboxylic acids is 1. The van der Waals surface area contributed by atoms with Crippen molar-refractivity contribution in [2.75, 3.05) is 0 Å². The number of benzene rings is 1. The summed E-state index contributed by atoms with van der Waals surface area (Å²) in [6, 6.07) is 3.59. The predicted octanol–water partition coefficient (Wildman–Crippen LogP) is 2.61. The summed E-state index contributed by atoms with van der Waals surface area (Å²) in [5.41, 5.74) is 2.07. The smallest absolute Gasteiger partial charge is 0.337 e. The first-order valence-corrected chi connectivity index (χ1v) is 5.00. The highest BCUT2D eigenvalue weighted by atomic mass is 32.1. The Labute approximate surface area is 85.0 Å². The van der Waals surface area contributed by atoms with Crippen LogP contribution >= 0.6 is 11.3 Å². The molecule has 0 unspecified atom stereocenters. The van der Waals surface area contributed by atoms with Gasteiger partial charge in [-0.25, -0.2) is 9.78 Å². The van der Waals surface area contributed by atoms with E-state index in [0.717, 1.165) is 20.8 Å². The molecule has 1 aromatic heterocycles. The van der Waals surface area contributed by atoms with Gasteiger partial charge in [0.2, 0.25) is 0 Å². The van der Waals surface area contributed by atoms with Gasteiger partial charge in [0.05, 0.1) is 20.8 Å². The zero-order chi connectivity index (χ0) is 10.3. The largest absolute Gasteiger partial charge is 0.478 e. The Hall–Kier alpha value is -1.42. The molecule has 4 heteroatoms. The summed E-state index contributed by atoms with van der Waals surface area (Å²) in [5, 5.41) is 9.89. The maximum Gasteiger partial charge on any atom is 0.337 e. The van der Waals surface area contributed by atoms with Gasteiger partial charge in [0.1, 0.15) is 0 Å². The van der Waals surface area contributed by atoms with Crippen LogP contribution in [-0.2, 0) is 0 Å². The van der Waals surface area contributed by atoms with Crippen LogP contribution in [0, 0.1) is 13.8 Å². The number of hydrogen-bond acceptors (Lipinski definition) is 3. The minimum atomic E-state index is -0.887. The minimum Gasteiger partial charge on any atom is -0.478 e. The molecule has 0 bridgehead atoms. The molecule has 1 aromatic carbocycles. The molecule has 0 radical (unpaired) electrons. The maximum atomic E-state index is 11.0. The third kappa shape index (κ3) is 1.37. The first-order chi connectivity index (χ1) is 6.58. The molecule has 0 fully saturated rings. The molecule has 0 atom stereocenters. The molecular weight excluding hydrogens is 198 g/mol. The standard InChI is InChI=1S/C10H9NO2S/c1-5-3-7(10(12)13)9-8(4-5)11-6(2)14-9/h3-4H,1-2H3,(H,12,13). The van der Waals surface area contributed by atoms with Crippen molar-refractivity contribution in [1.29, 1.82) is 0 Å². The van der Waals surface area contributed by atoms with E-state index < -0.39 is 5.97 Å². The summed E-state index contributed by atoms with van der Waals surface area (Å²) in [6.45, 7) is 3.76. The number of aromatic nitrogens is 1. The maximum absolute atomic E-state index is 11.0. The third-order valence-electron chi connectivity index (χ3n) is 1.97. The third-order valence-corrected chi connectivity index (χ3v) is 2.99. The van der Waals surface area contributed by atoms with Gasteiger partial charge in [0.15, 0.2) is 0 Å². The van der Waals surface area contributed by atoms with Crippen molar-refractivity contribution < 1.29 is 9.90 Å². The van der Waals surface area contributed by atoms with E-state index in [2.05, 4.69) is 4.98 Å². The van der Waals surface area contributed by atoms with Crippen molar-refractivity contribution in [3.05, 3.63) is 28.3 Å². The molecule has 3 nitrogen and oxygen atoms in total. The molecule has 0 aliphatic rings. The van der Waals surface area contributed by atoms with Gasteiger partial charge in [-0.05, 0) is 31.5 Å². The Bertz CT molecular complexity index is 516. The first-order valence-electron chi connectivity index (χ1n) is 4.19. The van der Waals surface area contributed by atoms with Crippen LogP contribution in [0.1, 0.15) is 20.9 Å².